The molecule has 1 aliphatic rings. The van der Waals surface area contributed by atoms with Gasteiger partial charge in [-0.25, -0.2) is 9.59 Å². The normalized spacial score (nSPS) is 16.4. The summed E-state index contributed by atoms with van der Waals surface area (Å²) in [4.78, 5) is 27.1. The molecule has 0 spiro atoms. The highest BCUT2D eigenvalue weighted by Gasteiger charge is 2.45. The first-order valence-corrected chi connectivity index (χ1v) is 7.81. The quantitative estimate of drug-likeness (QED) is 0.802. The summed E-state index contributed by atoms with van der Waals surface area (Å²) in [6, 6.07) is 0. The predicted octanol–water partition coefficient (Wildman–Crippen LogP) is 3.10. The van der Waals surface area contributed by atoms with Crippen LogP contribution in [-0.4, -0.2) is 29.7 Å². The molecule has 22 heavy (non-hydrogen) atoms. The van der Waals surface area contributed by atoms with Crippen molar-refractivity contribution in [3.8, 4) is 0 Å². The number of methoxy groups -OCH3 is 1. The second-order valence-corrected chi connectivity index (χ2v) is 7.79. The number of nitrogens with two attached hydrogens (primary N) is 1. The summed E-state index contributed by atoms with van der Waals surface area (Å²) in [6.45, 7) is 9.64. The Morgan fingerprint density at radius 1 is 1.32 bits per heavy atom. The summed E-state index contributed by atoms with van der Waals surface area (Å²) in [7, 11) is 1.32. The highest BCUT2D eigenvalue weighted by Crippen LogP contribution is 2.48. The minimum atomic E-state index is -0.581. The summed E-state index contributed by atoms with van der Waals surface area (Å²) in [5.74, 6) is -0.448. The summed E-state index contributed by atoms with van der Waals surface area (Å²) in [5.41, 5.74) is 6.13. The summed E-state index contributed by atoms with van der Waals surface area (Å²) >= 11 is 1.28. The number of fused-ring (bicyclic) bond motifs is 1. The van der Waals surface area contributed by atoms with Crippen LogP contribution in [0.15, 0.2) is 0 Å². The lowest BCUT2D eigenvalue weighted by molar-refractivity contribution is 0.00557. The van der Waals surface area contributed by atoms with Gasteiger partial charge in [0.15, 0.2) is 0 Å². The van der Waals surface area contributed by atoms with E-state index in [4.69, 9.17) is 15.2 Å². The van der Waals surface area contributed by atoms with Crippen molar-refractivity contribution >= 4 is 29.1 Å². The van der Waals surface area contributed by atoms with Gasteiger partial charge in [0.2, 0.25) is 0 Å². The lowest BCUT2D eigenvalue weighted by atomic mass is 10.0. The average Bonchev–Trinajstić information content (AvgIpc) is 2.83. The van der Waals surface area contributed by atoms with E-state index in [1.165, 1.54) is 18.4 Å². The second kappa shape index (κ2) is 5.15. The number of carbonyl (C=O) groups excluding carboxylic acids is 2. The molecule has 1 amide bonds. The molecule has 6 nitrogen and oxygen atoms in total. The van der Waals surface area contributed by atoms with Crippen LogP contribution in [0.3, 0.4) is 0 Å². The number of rotatable bonds is 1. The maximum absolute atomic E-state index is 12.4. The molecule has 2 heterocycles. The number of carbonyl (C=O) groups is 2. The zero-order valence-electron chi connectivity index (χ0n) is 13.8. The van der Waals surface area contributed by atoms with Crippen LogP contribution in [0.25, 0.3) is 0 Å². The Kier molecular flexibility index (Phi) is 3.89. The molecule has 0 atom stereocenters. The van der Waals surface area contributed by atoms with Gasteiger partial charge in [-0.15, -0.1) is 11.3 Å². The van der Waals surface area contributed by atoms with E-state index in [0.717, 1.165) is 10.4 Å². The van der Waals surface area contributed by atoms with Crippen molar-refractivity contribution in [2.24, 2.45) is 0 Å². The molecule has 0 radical (unpaired) electrons. The molecule has 2 rings (SSSR count). The number of hydrogen-bond donors (Lipinski definition) is 1. The van der Waals surface area contributed by atoms with E-state index in [9.17, 15) is 9.59 Å². The van der Waals surface area contributed by atoms with Gasteiger partial charge in [-0.3, -0.25) is 4.90 Å². The van der Waals surface area contributed by atoms with Gasteiger partial charge in [0.05, 0.1) is 24.9 Å². The van der Waals surface area contributed by atoms with Crippen LogP contribution >= 0.6 is 11.3 Å². The Hall–Kier alpha value is -1.76. The smallest absolute Gasteiger partial charge is 0.411 e. The molecule has 0 bridgehead atoms. The first-order chi connectivity index (χ1) is 9.99. The number of amides is 1. The van der Waals surface area contributed by atoms with Crippen LogP contribution in [0.2, 0.25) is 0 Å². The maximum Gasteiger partial charge on any atom is 0.411 e. The van der Waals surface area contributed by atoms with Crippen LogP contribution in [0.5, 0.6) is 0 Å². The fourth-order valence-corrected chi connectivity index (χ4v) is 3.72. The second-order valence-electron chi connectivity index (χ2n) is 6.77. The fourth-order valence-electron chi connectivity index (χ4n) is 2.46. The van der Waals surface area contributed by atoms with E-state index in [1.807, 2.05) is 34.6 Å². The number of ether oxygens (including phenoxy) is 2. The number of nitrogens with zero attached hydrogens (tertiary/aromatic N) is 1. The molecule has 0 saturated carbocycles. The average molecular weight is 326 g/mol. The van der Waals surface area contributed by atoms with Crippen molar-refractivity contribution in [3.05, 3.63) is 15.3 Å². The number of anilines is 1. The van der Waals surface area contributed by atoms with E-state index < -0.39 is 17.1 Å². The highest BCUT2D eigenvalue weighted by molar-refractivity contribution is 7.15. The monoisotopic (exact) mass is 326 g/mol. The zero-order chi connectivity index (χ0) is 16.9. The van der Waals surface area contributed by atoms with Gasteiger partial charge in [-0.2, -0.15) is 0 Å². The minimum absolute atomic E-state index is 0.330. The van der Waals surface area contributed by atoms with Gasteiger partial charge < -0.3 is 15.2 Å². The number of esters is 1. The van der Waals surface area contributed by atoms with Crippen LogP contribution in [-0.2, 0) is 21.6 Å². The molecule has 0 aromatic carbocycles. The van der Waals surface area contributed by atoms with Crippen LogP contribution in [0, 0.1) is 0 Å². The molecule has 7 heteroatoms. The summed E-state index contributed by atoms with van der Waals surface area (Å²) in [6.07, 6.45) is -0.389. The predicted molar refractivity (Wildman–Crippen MR) is 84.9 cm³/mol. The van der Waals surface area contributed by atoms with Gasteiger partial charge in [0.25, 0.3) is 0 Å². The molecule has 1 aliphatic heterocycles. The zero-order valence-corrected chi connectivity index (χ0v) is 14.6. The number of hydrogen-bond acceptors (Lipinski definition) is 6. The highest BCUT2D eigenvalue weighted by atomic mass is 32.1. The van der Waals surface area contributed by atoms with Crippen LogP contribution in [0.1, 0.15) is 54.7 Å². The minimum Gasteiger partial charge on any atom is -0.465 e. The number of nitrogen functional groups attached to an aromatic ring is 1. The molecule has 0 saturated heterocycles. The summed E-state index contributed by atoms with van der Waals surface area (Å²) in [5, 5.41) is 0. The first-order valence-electron chi connectivity index (χ1n) is 6.99. The Bertz CT molecular complexity index is 628. The van der Waals surface area contributed by atoms with Crippen molar-refractivity contribution in [3.63, 3.8) is 0 Å². The SMILES string of the molecule is COC(=O)c1sc2c(c1N)CN(C(=O)OC(C)(C)C)C2(C)C. The van der Waals surface area contributed by atoms with Gasteiger partial charge in [0.1, 0.15) is 10.5 Å². The van der Waals surface area contributed by atoms with Crippen LogP contribution < -0.4 is 5.73 Å². The van der Waals surface area contributed by atoms with E-state index in [2.05, 4.69) is 0 Å². The largest absolute Gasteiger partial charge is 0.465 e. The molecule has 2 N–H and O–H groups in total. The third kappa shape index (κ3) is 2.65. The molecule has 0 aliphatic carbocycles. The molecule has 1 aromatic heterocycles. The maximum atomic E-state index is 12.4. The van der Waals surface area contributed by atoms with Gasteiger partial charge in [-0.1, -0.05) is 0 Å². The molecular weight excluding hydrogens is 304 g/mol. The van der Waals surface area contributed by atoms with E-state index in [0.29, 0.717) is 17.1 Å². The molecule has 1 aromatic rings. The van der Waals surface area contributed by atoms with Crippen LogP contribution in [0.4, 0.5) is 10.5 Å². The molecular formula is C15H22N2O4S. The van der Waals surface area contributed by atoms with Crippen molar-refractivity contribution in [2.45, 2.75) is 52.3 Å². The van der Waals surface area contributed by atoms with Gasteiger partial charge in [-0.05, 0) is 34.6 Å². The fraction of sp³-hybridized carbons (Fsp3) is 0.600. The van der Waals surface area contributed by atoms with Crippen molar-refractivity contribution < 1.29 is 19.1 Å². The lowest BCUT2D eigenvalue weighted by Gasteiger charge is -2.33. The van der Waals surface area contributed by atoms with Gasteiger partial charge in [0, 0.05) is 10.4 Å². The van der Waals surface area contributed by atoms with Crippen molar-refractivity contribution in [2.75, 3.05) is 12.8 Å². The van der Waals surface area contributed by atoms with Gasteiger partial charge >= 0.3 is 12.1 Å². The third-order valence-electron chi connectivity index (χ3n) is 3.58. The Labute approximate surface area is 134 Å². The standard InChI is InChI=1S/C15H22N2O4S/c1-14(2,3)21-13(19)17-7-8-9(16)10(12(18)20-6)22-11(8)15(17,4)5/h7,16H2,1-6H3. The first kappa shape index (κ1) is 16.6. The van der Waals surface area contributed by atoms with Crippen molar-refractivity contribution in [1.82, 2.24) is 4.90 Å². The summed E-state index contributed by atoms with van der Waals surface area (Å²) < 4.78 is 10.2. The Balaban J connectivity index is 2.35. The lowest BCUT2D eigenvalue weighted by Crippen LogP contribution is -2.43. The molecule has 122 valence electrons. The molecule has 0 fully saturated rings. The van der Waals surface area contributed by atoms with E-state index >= 15 is 0 Å². The van der Waals surface area contributed by atoms with E-state index in [-0.39, 0.29) is 6.09 Å². The topological polar surface area (TPSA) is 81.9 Å². The van der Waals surface area contributed by atoms with Crippen molar-refractivity contribution in [1.29, 1.82) is 0 Å². The Morgan fingerprint density at radius 2 is 1.91 bits per heavy atom. The molecule has 0 unspecified atom stereocenters. The number of thiophene rings is 1. The van der Waals surface area contributed by atoms with E-state index in [1.54, 1.807) is 4.90 Å². The Morgan fingerprint density at radius 3 is 2.36 bits per heavy atom. The third-order valence-corrected chi connectivity index (χ3v) is 5.12.